The third-order valence-electron chi connectivity index (χ3n) is 2.10. The summed E-state index contributed by atoms with van der Waals surface area (Å²) in [6, 6.07) is 0. The van der Waals surface area contributed by atoms with E-state index in [0.29, 0.717) is 35.0 Å². The first kappa shape index (κ1) is 34.7. The third kappa shape index (κ3) is 36.2. The Labute approximate surface area is 195 Å². The third-order valence-corrected chi connectivity index (χ3v) is 2.88. The molecule has 0 saturated carbocycles. The van der Waals surface area contributed by atoms with Crippen molar-refractivity contribution >= 4 is 86.5 Å². The Balaban J connectivity index is -0.000000152. The van der Waals surface area contributed by atoms with Gasteiger partial charge in [-0.3, -0.25) is 14.4 Å². The highest BCUT2D eigenvalue weighted by atomic mass is 32.1. The fourth-order valence-electron chi connectivity index (χ4n) is 1.25. The van der Waals surface area contributed by atoms with Crippen LogP contribution in [0.3, 0.4) is 0 Å². The normalized spacial score (nSPS) is 8.36. The summed E-state index contributed by atoms with van der Waals surface area (Å²) in [6.45, 7) is 11.6. The Morgan fingerprint density at radius 2 is 0.750 bits per heavy atom. The Morgan fingerprint density at radius 3 is 0.857 bits per heavy atom. The molecule has 0 aromatic carbocycles. The minimum absolute atomic E-state index is 0. The van der Waals surface area contributed by atoms with E-state index in [-0.39, 0.29) is 54.0 Å². The predicted molar refractivity (Wildman–Crippen MR) is 129 cm³/mol. The molecule has 0 aliphatic carbocycles. The van der Waals surface area contributed by atoms with Crippen molar-refractivity contribution in [3.05, 3.63) is 0 Å². The molecule has 0 aromatic heterocycles. The van der Waals surface area contributed by atoms with E-state index in [1.54, 1.807) is 0 Å². The number of Topliss-reactive ketones (excluding diaryl/α,β-unsaturated/α-hetero) is 3. The minimum atomic E-state index is 0. The molecule has 0 N–H and O–H groups in total. The molecule has 0 unspecified atom stereocenters. The molecule has 0 radical (unpaired) electrons. The van der Waals surface area contributed by atoms with Crippen LogP contribution in [0.2, 0.25) is 0 Å². The molecule has 0 rings (SSSR count). The van der Waals surface area contributed by atoms with E-state index in [2.05, 4.69) is 36.7 Å². The van der Waals surface area contributed by atoms with E-state index in [1.165, 1.54) is 20.8 Å². The van der Waals surface area contributed by atoms with Gasteiger partial charge in [-0.05, 0) is 78.2 Å². The number of rotatable bonds is 9. The van der Waals surface area contributed by atoms with Gasteiger partial charge in [0.05, 0.1) is 39.1 Å². The zero-order valence-electron chi connectivity index (χ0n) is 16.9. The van der Waals surface area contributed by atoms with Crippen LogP contribution in [-0.4, -0.2) is 69.7 Å². The van der Waals surface area contributed by atoms with Gasteiger partial charge in [-0.15, -0.1) is 0 Å². The molecular formula is C18H33AlO6S3. The zero-order chi connectivity index (χ0) is 21.8. The Hall–Kier alpha value is -0.788. The molecule has 6 nitrogen and oxygen atoms in total. The first-order valence-electron chi connectivity index (χ1n) is 8.45. The number of carbonyl (C=O) groups is 3. The molecule has 0 fully saturated rings. The highest BCUT2D eigenvalue weighted by Gasteiger charge is 2.00. The average Bonchev–Trinajstić information content (AvgIpc) is 2.46. The van der Waals surface area contributed by atoms with Crippen molar-refractivity contribution in [2.75, 3.05) is 19.8 Å². The molecule has 0 aromatic rings. The maximum atomic E-state index is 10.4. The minimum Gasteiger partial charge on any atom is -0.487 e. The van der Waals surface area contributed by atoms with Crippen LogP contribution in [0.25, 0.3) is 0 Å². The Morgan fingerprint density at radius 1 is 0.571 bits per heavy atom. The molecule has 0 spiro atoms. The van der Waals surface area contributed by atoms with Gasteiger partial charge in [-0.1, -0.05) is 0 Å². The first-order valence-corrected chi connectivity index (χ1v) is 9.67. The lowest BCUT2D eigenvalue weighted by molar-refractivity contribution is -0.116. The zero-order valence-corrected chi connectivity index (χ0v) is 19.4. The van der Waals surface area contributed by atoms with Crippen LogP contribution in [0.15, 0.2) is 0 Å². The first-order chi connectivity index (χ1) is 12.5. The topological polar surface area (TPSA) is 78.9 Å². The quantitative estimate of drug-likeness (QED) is 0.375. The SMILES string of the molecule is CCOC(=S)CC(C)=O.CCOC(=S)CC(C)=O.CCOC(=S)CC(C)=O.[AlH3]. The lowest BCUT2D eigenvalue weighted by Crippen LogP contribution is -2.05. The molecule has 0 amide bonds. The molecule has 0 aliphatic rings. The van der Waals surface area contributed by atoms with Crippen molar-refractivity contribution in [3.8, 4) is 0 Å². The van der Waals surface area contributed by atoms with Crippen LogP contribution in [0.1, 0.15) is 60.8 Å². The Kier molecular flexibility index (Phi) is 30.1. The molecule has 0 atom stereocenters. The fourth-order valence-corrected chi connectivity index (χ4v) is 2.21. The van der Waals surface area contributed by atoms with E-state index in [1.807, 2.05) is 20.8 Å². The second-order valence-electron chi connectivity index (χ2n) is 5.05. The monoisotopic (exact) mass is 468 g/mol. The highest BCUT2D eigenvalue weighted by Crippen LogP contribution is 1.91. The van der Waals surface area contributed by atoms with E-state index in [0.717, 1.165) is 0 Å². The molecule has 28 heavy (non-hydrogen) atoms. The summed E-state index contributed by atoms with van der Waals surface area (Å²) in [4.78, 5) is 31.1. The van der Waals surface area contributed by atoms with Gasteiger partial charge in [-0.25, -0.2) is 0 Å². The van der Waals surface area contributed by atoms with Crippen molar-refractivity contribution < 1.29 is 28.6 Å². The second kappa shape index (κ2) is 24.3. The molecule has 0 aliphatic heterocycles. The summed E-state index contributed by atoms with van der Waals surface area (Å²) >= 11 is 14.1. The summed E-state index contributed by atoms with van der Waals surface area (Å²) in [6.07, 6.45) is 0.801. The fraction of sp³-hybridized carbons (Fsp3) is 0.667. The summed E-state index contributed by atoms with van der Waals surface area (Å²) < 4.78 is 14.6. The van der Waals surface area contributed by atoms with Crippen LogP contribution in [0, 0.1) is 0 Å². The van der Waals surface area contributed by atoms with Crippen LogP contribution in [-0.2, 0) is 28.6 Å². The largest absolute Gasteiger partial charge is 0.487 e. The highest BCUT2D eigenvalue weighted by molar-refractivity contribution is 7.80. The molecule has 10 heteroatoms. The van der Waals surface area contributed by atoms with E-state index in [9.17, 15) is 14.4 Å². The van der Waals surface area contributed by atoms with Gasteiger partial charge < -0.3 is 14.2 Å². The smallest absolute Gasteiger partial charge is 0.187 e. The number of thiocarbonyl (C=S) groups is 3. The van der Waals surface area contributed by atoms with Gasteiger partial charge in [0.25, 0.3) is 0 Å². The second-order valence-corrected chi connectivity index (χ2v) is 6.42. The molecular weight excluding hydrogens is 435 g/mol. The van der Waals surface area contributed by atoms with Crippen molar-refractivity contribution in [2.45, 2.75) is 60.8 Å². The molecule has 0 heterocycles. The lowest BCUT2D eigenvalue weighted by atomic mass is 10.3. The van der Waals surface area contributed by atoms with Gasteiger partial charge in [0.1, 0.15) is 17.3 Å². The number of hydrogen-bond donors (Lipinski definition) is 0. The average molecular weight is 469 g/mol. The van der Waals surface area contributed by atoms with Crippen molar-refractivity contribution in [1.29, 1.82) is 0 Å². The summed E-state index contributed by atoms with van der Waals surface area (Å²) in [5, 5.41) is 1.18. The van der Waals surface area contributed by atoms with Crippen LogP contribution in [0.4, 0.5) is 0 Å². The standard InChI is InChI=1S/3C6H10O2S.Al.3H/c3*1-3-8-6(9)4-5(2)7;;;;/h3*3-4H2,1-2H3;;;;. The number of carbonyl (C=O) groups excluding carboxylic acids is 3. The van der Waals surface area contributed by atoms with E-state index in [4.69, 9.17) is 14.2 Å². The van der Waals surface area contributed by atoms with Gasteiger partial charge in [-0.2, -0.15) is 0 Å². The molecule has 162 valence electrons. The van der Waals surface area contributed by atoms with Gasteiger partial charge in [0, 0.05) is 0 Å². The van der Waals surface area contributed by atoms with E-state index >= 15 is 0 Å². The number of ether oxygens (including phenoxy) is 3. The van der Waals surface area contributed by atoms with Crippen molar-refractivity contribution in [1.82, 2.24) is 0 Å². The van der Waals surface area contributed by atoms with Gasteiger partial charge >= 0.3 is 0 Å². The maximum absolute atomic E-state index is 10.4. The van der Waals surface area contributed by atoms with E-state index < -0.39 is 0 Å². The molecule has 0 bridgehead atoms. The van der Waals surface area contributed by atoms with Gasteiger partial charge in [0.15, 0.2) is 32.5 Å². The van der Waals surface area contributed by atoms with Crippen LogP contribution >= 0.6 is 36.7 Å². The summed E-state index contributed by atoms with van der Waals surface area (Å²) in [5.41, 5.74) is 0. The van der Waals surface area contributed by atoms with Crippen LogP contribution < -0.4 is 0 Å². The number of ketones is 3. The number of hydrogen-bond acceptors (Lipinski definition) is 9. The predicted octanol–water partition coefficient (Wildman–Crippen LogP) is 2.80. The Bertz CT molecular complexity index is 438. The summed E-state index contributed by atoms with van der Waals surface area (Å²) in [7, 11) is 0. The lowest BCUT2D eigenvalue weighted by Gasteiger charge is -1.99. The van der Waals surface area contributed by atoms with Crippen LogP contribution in [0.5, 0.6) is 0 Å². The van der Waals surface area contributed by atoms with Crippen molar-refractivity contribution in [2.24, 2.45) is 0 Å². The summed E-state index contributed by atoms with van der Waals surface area (Å²) in [5.74, 6) is 0.148. The van der Waals surface area contributed by atoms with Crippen molar-refractivity contribution in [3.63, 3.8) is 0 Å². The van der Waals surface area contributed by atoms with Gasteiger partial charge in [0.2, 0.25) is 0 Å². The maximum Gasteiger partial charge on any atom is 0.187 e. The molecule has 0 saturated heterocycles.